The van der Waals surface area contributed by atoms with E-state index >= 15 is 0 Å². The maximum atomic E-state index is 12.9. The van der Waals surface area contributed by atoms with Gasteiger partial charge in [-0.1, -0.05) is 0 Å². The maximum Gasteiger partial charge on any atom is 0.316 e. The van der Waals surface area contributed by atoms with Gasteiger partial charge in [0, 0.05) is 25.2 Å². The summed E-state index contributed by atoms with van der Waals surface area (Å²) in [6, 6.07) is 2.15. The highest BCUT2D eigenvalue weighted by Gasteiger charge is 2.49. The number of aromatic nitrogens is 4. The number of nitrogens with zero attached hydrogens (tertiary/aromatic N) is 5. The second-order valence-electron chi connectivity index (χ2n) is 5.85. The highest BCUT2D eigenvalue weighted by Crippen LogP contribution is 2.36. The highest BCUT2D eigenvalue weighted by atomic mass is 19.1. The third kappa shape index (κ3) is 2.94. The van der Waals surface area contributed by atoms with E-state index in [-0.39, 0.29) is 11.7 Å². The van der Waals surface area contributed by atoms with Crippen LogP contribution in [0, 0.1) is 5.82 Å². The zero-order chi connectivity index (χ0) is 15.7. The lowest BCUT2D eigenvalue weighted by atomic mass is 9.85. The Bertz CT molecular complexity index is 663. The van der Waals surface area contributed by atoms with Gasteiger partial charge in [0.2, 0.25) is 5.95 Å². The monoisotopic (exact) mass is 317 g/mol. The average Bonchev–Trinajstić information content (AvgIpc) is 2.55. The lowest BCUT2D eigenvalue weighted by Gasteiger charge is -2.52. The van der Waals surface area contributed by atoms with Gasteiger partial charge in [0.05, 0.1) is 32.1 Å². The summed E-state index contributed by atoms with van der Waals surface area (Å²) in [6.45, 7) is 1.98. The van der Waals surface area contributed by atoms with Gasteiger partial charge in [-0.3, -0.25) is 0 Å². The maximum absolute atomic E-state index is 12.9. The Kier molecular flexibility index (Phi) is 3.53. The predicted molar refractivity (Wildman–Crippen MR) is 78.6 cm³/mol. The molecule has 120 valence electrons. The molecule has 4 heterocycles. The first-order valence-electron chi connectivity index (χ1n) is 7.53. The zero-order valence-electron chi connectivity index (χ0n) is 12.4. The number of rotatable bonds is 3. The van der Waals surface area contributed by atoms with Crippen LogP contribution in [0.2, 0.25) is 0 Å². The Labute approximate surface area is 132 Å². The molecule has 1 unspecified atom stereocenters. The second kappa shape index (κ2) is 5.69. The van der Waals surface area contributed by atoms with E-state index in [1.165, 1.54) is 12.4 Å². The standard InChI is InChI=1S/C15H16FN5O2/c16-11-7-19-13(20-8-11)21-9-15(10-21)6-12(2-5-22-15)23-14-17-3-1-4-18-14/h1,3-4,7-8,12H,2,5-6,9-10H2. The van der Waals surface area contributed by atoms with Crippen molar-refractivity contribution in [1.82, 2.24) is 19.9 Å². The topological polar surface area (TPSA) is 73.3 Å². The Balaban J connectivity index is 1.38. The molecule has 8 heteroatoms. The first-order valence-corrected chi connectivity index (χ1v) is 7.53. The minimum atomic E-state index is -0.436. The third-order valence-electron chi connectivity index (χ3n) is 4.11. The first-order chi connectivity index (χ1) is 11.2. The van der Waals surface area contributed by atoms with E-state index in [1.54, 1.807) is 18.5 Å². The van der Waals surface area contributed by atoms with Crippen LogP contribution >= 0.6 is 0 Å². The third-order valence-corrected chi connectivity index (χ3v) is 4.11. The lowest BCUT2D eigenvalue weighted by Crippen LogP contribution is -2.66. The van der Waals surface area contributed by atoms with Crippen LogP contribution in [0.5, 0.6) is 6.01 Å². The molecule has 0 aromatic carbocycles. The SMILES string of the molecule is Fc1cnc(N2CC3(CC(Oc4ncccn4)CCO3)C2)nc1. The fourth-order valence-electron chi connectivity index (χ4n) is 3.06. The largest absolute Gasteiger partial charge is 0.460 e. The van der Waals surface area contributed by atoms with Crippen molar-refractivity contribution >= 4 is 5.95 Å². The van der Waals surface area contributed by atoms with Gasteiger partial charge in [-0.2, -0.15) is 0 Å². The quantitative estimate of drug-likeness (QED) is 0.842. The van der Waals surface area contributed by atoms with Crippen LogP contribution in [0.1, 0.15) is 12.8 Å². The van der Waals surface area contributed by atoms with Crippen molar-refractivity contribution in [3.63, 3.8) is 0 Å². The van der Waals surface area contributed by atoms with E-state index in [2.05, 4.69) is 19.9 Å². The molecule has 0 amide bonds. The molecule has 0 radical (unpaired) electrons. The van der Waals surface area contributed by atoms with Gasteiger partial charge in [-0.05, 0) is 6.07 Å². The van der Waals surface area contributed by atoms with E-state index in [4.69, 9.17) is 9.47 Å². The van der Waals surface area contributed by atoms with Crippen molar-refractivity contribution in [2.75, 3.05) is 24.6 Å². The fourth-order valence-corrected chi connectivity index (χ4v) is 3.06. The molecule has 23 heavy (non-hydrogen) atoms. The Hall–Kier alpha value is -2.35. The number of anilines is 1. The van der Waals surface area contributed by atoms with Crippen LogP contribution in [0.4, 0.5) is 10.3 Å². The summed E-state index contributed by atoms with van der Waals surface area (Å²) in [5, 5.41) is 0. The average molecular weight is 317 g/mol. The Morgan fingerprint density at radius 2 is 1.91 bits per heavy atom. The van der Waals surface area contributed by atoms with Crippen molar-refractivity contribution in [3.05, 3.63) is 36.7 Å². The van der Waals surface area contributed by atoms with Crippen molar-refractivity contribution < 1.29 is 13.9 Å². The van der Waals surface area contributed by atoms with Gasteiger partial charge >= 0.3 is 6.01 Å². The van der Waals surface area contributed by atoms with Crippen LogP contribution in [-0.2, 0) is 4.74 Å². The molecule has 0 saturated carbocycles. The van der Waals surface area contributed by atoms with E-state index in [1.807, 2.05) is 4.90 Å². The van der Waals surface area contributed by atoms with Crippen molar-refractivity contribution in [2.24, 2.45) is 0 Å². The molecule has 2 aromatic rings. The number of halogens is 1. The number of hydrogen-bond donors (Lipinski definition) is 0. The molecule has 4 rings (SSSR count). The summed E-state index contributed by atoms with van der Waals surface area (Å²) in [5.74, 6) is 0.0873. The number of hydrogen-bond acceptors (Lipinski definition) is 7. The molecule has 7 nitrogen and oxygen atoms in total. The summed E-state index contributed by atoms with van der Waals surface area (Å²) in [7, 11) is 0. The molecule has 0 N–H and O–H groups in total. The lowest BCUT2D eigenvalue weighted by molar-refractivity contribution is -0.127. The van der Waals surface area contributed by atoms with Crippen molar-refractivity contribution in [1.29, 1.82) is 0 Å². The van der Waals surface area contributed by atoms with Gasteiger partial charge in [0.15, 0.2) is 5.82 Å². The summed E-state index contributed by atoms with van der Waals surface area (Å²) in [6.07, 6.45) is 7.28. The van der Waals surface area contributed by atoms with Crippen molar-refractivity contribution in [2.45, 2.75) is 24.5 Å². The van der Waals surface area contributed by atoms with E-state index in [0.717, 1.165) is 12.8 Å². The minimum absolute atomic E-state index is 0.0300. The van der Waals surface area contributed by atoms with Gasteiger partial charge in [0.25, 0.3) is 0 Å². The number of ether oxygens (including phenoxy) is 2. The van der Waals surface area contributed by atoms with Gasteiger partial charge < -0.3 is 14.4 Å². The summed E-state index contributed by atoms with van der Waals surface area (Å²) >= 11 is 0. The Morgan fingerprint density at radius 1 is 1.17 bits per heavy atom. The molecule has 2 aromatic heterocycles. The van der Waals surface area contributed by atoms with Crippen LogP contribution in [0.15, 0.2) is 30.9 Å². The van der Waals surface area contributed by atoms with Crippen LogP contribution < -0.4 is 9.64 Å². The summed E-state index contributed by atoms with van der Waals surface area (Å²) in [5.41, 5.74) is -0.255. The molecule has 2 fully saturated rings. The van der Waals surface area contributed by atoms with E-state index < -0.39 is 5.82 Å². The molecular formula is C15H16FN5O2. The van der Waals surface area contributed by atoms with Crippen LogP contribution in [-0.4, -0.2) is 51.3 Å². The normalized spacial score (nSPS) is 22.7. The zero-order valence-corrected chi connectivity index (χ0v) is 12.4. The summed E-state index contributed by atoms with van der Waals surface area (Å²) in [4.78, 5) is 18.2. The van der Waals surface area contributed by atoms with Crippen LogP contribution in [0.25, 0.3) is 0 Å². The highest BCUT2D eigenvalue weighted by molar-refractivity contribution is 5.37. The minimum Gasteiger partial charge on any atom is -0.460 e. The van der Waals surface area contributed by atoms with Gasteiger partial charge in [-0.25, -0.2) is 24.3 Å². The smallest absolute Gasteiger partial charge is 0.316 e. The van der Waals surface area contributed by atoms with E-state index in [9.17, 15) is 4.39 Å². The molecule has 1 atom stereocenters. The summed E-state index contributed by atoms with van der Waals surface area (Å²) < 4.78 is 24.7. The van der Waals surface area contributed by atoms with Gasteiger partial charge in [0.1, 0.15) is 11.7 Å². The van der Waals surface area contributed by atoms with Crippen molar-refractivity contribution in [3.8, 4) is 6.01 Å². The molecule has 0 aliphatic carbocycles. The fraction of sp³-hybridized carbons (Fsp3) is 0.467. The van der Waals surface area contributed by atoms with Crippen LogP contribution in [0.3, 0.4) is 0 Å². The van der Waals surface area contributed by atoms with E-state index in [0.29, 0.717) is 31.7 Å². The molecule has 0 bridgehead atoms. The second-order valence-corrected chi connectivity index (χ2v) is 5.85. The van der Waals surface area contributed by atoms with Gasteiger partial charge in [-0.15, -0.1) is 0 Å². The molecule has 2 aliphatic heterocycles. The molecular weight excluding hydrogens is 301 g/mol. The molecule has 1 spiro atoms. The first kappa shape index (κ1) is 14.3. The Morgan fingerprint density at radius 3 is 2.65 bits per heavy atom. The predicted octanol–water partition coefficient (Wildman–Crippen LogP) is 1.22. The molecule has 2 saturated heterocycles. The molecule has 2 aliphatic rings.